The maximum Gasteiger partial charge on any atom is 0.138 e. The fourth-order valence-corrected chi connectivity index (χ4v) is 2.96. The summed E-state index contributed by atoms with van der Waals surface area (Å²) in [5.74, 6) is 1.84. The van der Waals surface area contributed by atoms with Gasteiger partial charge in [0.25, 0.3) is 0 Å². The van der Waals surface area contributed by atoms with Crippen LogP contribution in [0, 0.1) is 6.92 Å². The number of methoxy groups -OCH3 is 1. The molecule has 0 radical (unpaired) electrons. The fourth-order valence-electron chi connectivity index (χ4n) is 2.96. The summed E-state index contributed by atoms with van der Waals surface area (Å²) in [5.41, 5.74) is 1.07. The van der Waals surface area contributed by atoms with Crippen LogP contribution >= 0.6 is 0 Å². The van der Waals surface area contributed by atoms with E-state index in [-0.39, 0.29) is 0 Å². The molecule has 0 aliphatic heterocycles. The highest BCUT2D eigenvalue weighted by atomic mass is 16.5. The molecule has 3 rings (SSSR count). The van der Waals surface area contributed by atoms with Crippen LogP contribution in [-0.2, 0) is 4.74 Å². The second-order valence-electron chi connectivity index (χ2n) is 5.62. The third-order valence-electron chi connectivity index (χ3n) is 4.15. The van der Waals surface area contributed by atoms with E-state index in [0.29, 0.717) is 12.1 Å². The van der Waals surface area contributed by atoms with Gasteiger partial charge in [0, 0.05) is 25.5 Å². The van der Waals surface area contributed by atoms with E-state index in [4.69, 9.17) is 4.74 Å². The molecule has 1 aliphatic carbocycles. The van der Waals surface area contributed by atoms with Crippen LogP contribution < -0.4 is 5.32 Å². The van der Waals surface area contributed by atoms with Gasteiger partial charge in [-0.1, -0.05) is 0 Å². The van der Waals surface area contributed by atoms with Crippen molar-refractivity contribution in [2.75, 3.05) is 12.4 Å². The number of nitrogens with one attached hydrogen (secondary N) is 1. The molecule has 0 saturated heterocycles. The van der Waals surface area contributed by atoms with Gasteiger partial charge in [0.05, 0.1) is 18.0 Å². The zero-order valence-corrected chi connectivity index (χ0v) is 12.6. The molecular weight excluding hydrogens is 264 g/mol. The summed E-state index contributed by atoms with van der Waals surface area (Å²) in [4.78, 5) is 8.74. The van der Waals surface area contributed by atoms with Crippen LogP contribution in [0.1, 0.15) is 31.5 Å². The lowest BCUT2D eigenvalue weighted by Gasteiger charge is -2.29. The molecule has 5 nitrogen and oxygen atoms in total. The normalized spacial score (nSPS) is 22.2. The smallest absolute Gasteiger partial charge is 0.138 e. The van der Waals surface area contributed by atoms with Crippen molar-refractivity contribution in [3.05, 3.63) is 36.5 Å². The molecule has 0 amide bonds. The third kappa shape index (κ3) is 3.24. The largest absolute Gasteiger partial charge is 0.381 e. The Bertz CT molecular complexity index is 578. The number of nitrogens with zero attached hydrogens (tertiary/aromatic N) is 3. The summed E-state index contributed by atoms with van der Waals surface area (Å²) in [6, 6.07) is 4.58. The van der Waals surface area contributed by atoms with Gasteiger partial charge in [-0.15, -0.1) is 0 Å². The highest BCUT2D eigenvalue weighted by molar-refractivity contribution is 5.44. The van der Waals surface area contributed by atoms with E-state index < -0.39 is 0 Å². The van der Waals surface area contributed by atoms with E-state index in [0.717, 1.165) is 23.8 Å². The molecule has 0 bridgehead atoms. The molecule has 112 valence electrons. The van der Waals surface area contributed by atoms with Crippen molar-refractivity contribution in [2.24, 2.45) is 0 Å². The Labute approximate surface area is 125 Å². The molecule has 5 heteroatoms. The molecule has 21 heavy (non-hydrogen) atoms. The van der Waals surface area contributed by atoms with Gasteiger partial charge in [0.15, 0.2) is 0 Å². The minimum atomic E-state index is 0.386. The van der Waals surface area contributed by atoms with Crippen LogP contribution in [0.2, 0.25) is 0 Å². The average Bonchev–Trinajstić information content (AvgIpc) is 2.94. The van der Waals surface area contributed by atoms with Gasteiger partial charge in [-0.2, -0.15) is 0 Å². The Hall–Kier alpha value is -1.88. The van der Waals surface area contributed by atoms with Crippen LogP contribution in [0.25, 0.3) is 5.82 Å². The lowest BCUT2D eigenvalue weighted by Crippen LogP contribution is -2.31. The summed E-state index contributed by atoms with van der Waals surface area (Å²) in [6.45, 7) is 1.97. The Morgan fingerprint density at radius 3 is 2.86 bits per heavy atom. The Morgan fingerprint density at radius 1 is 1.29 bits per heavy atom. The molecule has 2 heterocycles. The van der Waals surface area contributed by atoms with E-state index in [9.17, 15) is 0 Å². The van der Waals surface area contributed by atoms with E-state index in [2.05, 4.69) is 21.4 Å². The molecular formula is C16H22N4O. The van der Waals surface area contributed by atoms with E-state index in [1.165, 1.54) is 19.3 Å². The minimum Gasteiger partial charge on any atom is -0.381 e. The number of hydrogen-bond acceptors (Lipinski definition) is 4. The lowest BCUT2D eigenvalue weighted by molar-refractivity contribution is 0.0669. The second-order valence-corrected chi connectivity index (χ2v) is 5.62. The first-order valence-corrected chi connectivity index (χ1v) is 7.52. The van der Waals surface area contributed by atoms with Crippen LogP contribution in [0.3, 0.4) is 0 Å². The SMILES string of the molecule is COC1CCCC(Nc2ccc(-n3ccnc3C)nc2)C1. The highest BCUT2D eigenvalue weighted by Gasteiger charge is 2.21. The second kappa shape index (κ2) is 6.26. The van der Waals surface area contributed by atoms with Gasteiger partial charge < -0.3 is 10.1 Å². The average molecular weight is 286 g/mol. The van der Waals surface area contributed by atoms with Crippen LogP contribution in [0.15, 0.2) is 30.7 Å². The molecule has 1 N–H and O–H groups in total. The predicted molar refractivity (Wildman–Crippen MR) is 82.8 cm³/mol. The predicted octanol–water partition coefficient (Wildman–Crippen LogP) is 2.95. The van der Waals surface area contributed by atoms with Crippen LogP contribution in [0.4, 0.5) is 5.69 Å². The summed E-state index contributed by atoms with van der Waals surface area (Å²) in [5, 5.41) is 3.56. The number of pyridine rings is 1. The van der Waals surface area contributed by atoms with Gasteiger partial charge >= 0.3 is 0 Å². The Balaban J connectivity index is 1.66. The first-order chi connectivity index (χ1) is 10.3. The fraction of sp³-hybridized carbons (Fsp3) is 0.500. The molecule has 2 aromatic heterocycles. The standard InChI is InChI=1S/C16H22N4O/c1-12-17-8-9-20(12)16-7-6-14(11-18-16)19-13-4-3-5-15(10-13)21-2/h6-9,11,13,15,19H,3-5,10H2,1-2H3. The zero-order valence-electron chi connectivity index (χ0n) is 12.6. The van der Waals surface area contributed by atoms with E-state index in [1.807, 2.05) is 30.0 Å². The minimum absolute atomic E-state index is 0.386. The maximum absolute atomic E-state index is 5.47. The zero-order chi connectivity index (χ0) is 14.7. The summed E-state index contributed by atoms with van der Waals surface area (Å²) < 4.78 is 7.45. The molecule has 1 aliphatic rings. The van der Waals surface area contributed by atoms with Crippen molar-refractivity contribution in [1.29, 1.82) is 0 Å². The van der Waals surface area contributed by atoms with Gasteiger partial charge in [-0.3, -0.25) is 4.57 Å². The summed E-state index contributed by atoms with van der Waals surface area (Å²) >= 11 is 0. The number of rotatable bonds is 4. The van der Waals surface area contributed by atoms with E-state index >= 15 is 0 Å². The van der Waals surface area contributed by atoms with Crippen molar-refractivity contribution in [3.8, 4) is 5.82 Å². The van der Waals surface area contributed by atoms with Crippen molar-refractivity contribution < 1.29 is 4.74 Å². The number of imidazole rings is 1. The number of anilines is 1. The van der Waals surface area contributed by atoms with E-state index in [1.54, 1.807) is 13.3 Å². The summed E-state index contributed by atoms with van der Waals surface area (Å²) in [7, 11) is 1.80. The molecule has 1 saturated carbocycles. The topological polar surface area (TPSA) is 52.0 Å². The van der Waals surface area contributed by atoms with Gasteiger partial charge in [0.1, 0.15) is 11.6 Å². The molecule has 2 unspecified atom stereocenters. The van der Waals surface area contributed by atoms with Gasteiger partial charge in [-0.05, 0) is 44.7 Å². The molecule has 0 aromatic carbocycles. The van der Waals surface area contributed by atoms with Crippen molar-refractivity contribution in [2.45, 2.75) is 44.8 Å². The lowest BCUT2D eigenvalue weighted by atomic mass is 9.93. The Kier molecular flexibility index (Phi) is 4.20. The number of aromatic nitrogens is 3. The third-order valence-corrected chi connectivity index (χ3v) is 4.15. The van der Waals surface area contributed by atoms with Crippen molar-refractivity contribution in [3.63, 3.8) is 0 Å². The van der Waals surface area contributed by atoms with Crippen LogP contribution in [-0.4, -0.2) is 33.8 Å². The maximum atomic E-state index is 5.47. The molecule has 2 atom stereocenters. The summed E-state index contributed by atoms with van der Waals surface area (Å²) in [6.07, 6.45) is 10.6. The number of ether oxygens (including phenoxy) is 1. The van der Waals surface area contributed by atoms with Crippen molar-refractivity contribution in [1.82, 2.24) is 14.5 Å². The van der Waals surface area contributed by atoms with Crippen molar-refractivity contribution >= 4 is 5.69 Å². The van der Waals surface area contributed by atoms with Gasteiger partial charge in [0.2, 0.25) is 0 Å². The van der Waals surface area contributed by atoms with Gasteiger partial charge in [-0.25, -0.2) is 9.97 Å². The molecule has 1 fully saturated rings. The highest BCUT2D eigenvalue weighted by Crippen LogP contribution is 2.24. The van der Waals surface area contributed by atoms with Crippen LogP contribution in [0.5, 0.6) is 0 Å². The number of hydrogen-bond donors (Lipinski definition) is 1. The monoisotopic (exact) mass is 286 g/mol. The number of aryl methyl sites for hydroxylation is 1. The molecule has 0 spiro atoms. The first-order valence-electron chi connectivity index (χ1n) is 7.52. The molecule has 2 aromatic rings. The quantitative estimate of drug-likeness (QED) is 0.939. The Morgan fingerprint density at radius 2 is 2.19 bits per heavy atom. The first kappa shape index (κ1) is 14.1.